The van der Waals surface area contributed by atoms with Crippen molar-refractivity contribution >= 4 is 17.3 Å². The number of hydrogen-bond acceptors (Lipinski definition) is 5. The summed E-state index contributed by atoms with van der Waals surface area (Å²) in [4.78, 5) is 16.0. The molecular formula is C19H19N5O3. The van der Waals surface area contributed by atoms with E-state index in [-0.39, 0.29) is 11.6 Å². The van der Waals surface area contributed by atoms with Crippen LogP contribution < -0.4 is 10.6 Å². The molecule has 0 spiro atoms. The Morgan fingerprint density at radius 2 is 2.00 bits per heavy atom. The molecule has 1 aliphatic rings. The number of nitro groups is 1. The normalized spacial score (nSPS) is 20.6. The van der Waals surface area contributed by atoms with E-state index in [2.05, 4.69) is 4.99 Å². The number of non-ortho nitro benzene ring substituents is 1. The number of nitriles is 1. The first-order valence-electron chi connectivity index (χ1n) is 8.32. The van der Waals surface area contributed by atoms with Gasteiger partial charge in [-0.1, -0.05) is 38.1 Å². The number of para-hydroxylation sites is 1. The molecule has 0 radical (unpaired) electrons. The number of rotatable bonds is 3. The second-order valence-electron chi connectivity index (χ2n) is 6.92. The molecule has 8 heteroatoms. The molecule has 2 aromatic carbocycles. The highest BCUT2D eigenvalue weighted by atomic mass is 16.6. The lowest BCUT2D eigenvalue weighted by Crippen LogP contribution is -2.46. The first-order valence-corrected chi connectivity index (χ1v) is 8.32. The number of benzene rings is 2. The Morgan fingerprint density at radius 1 is 1.33 bits per heavy atom. The van der Waals surface area contributed by atoms with Crippen molar-refractivity contribution in [3.05, 3.63) is 69.8 Å². The third-order valence-electron chi connectivity index (χ3n) is 5.02. The molecule has 0 saturated carbocycles. The summed E-state index contributed by atoms with van der Waals surface area (Å²) < 4.78 is 0. The van der Waals surface area contributed by atoms with Crippen LogP contribution in [0.5, 0.6) is 0 Å². The Labute approximate surface area is 156 Å². The number of nitrogens with two attached hydrogens (primary N) is 1. The molecule has 0 unspecified atom stereocenters. The largest absolute Gasteiger partial charge is 0.390 e. The van der Waals surface area contributed by atoms with Crippen molar-refractivity contribution in [2.24, 2.45) is 10.7 Å². The minimum atomic E-state index is -0.929. The molecule has 0 amide bonds. The van der Waals surface area contributed by atoms with E-state index in [4.69, 9.17) is 11.0 Å². The Hall–Kier alpha value is -3.44. The zero-order valence-corrected chi connectivity index (χ0v) is 14.9. The van der Waals surface area contributed by atoms with Crippen LogP contribution >= 0.6 is 0 Å². The summed E-state index contributed by atoms with van der Waals surface area (Å²) in [5.41, 5.74) is 7.30. The first-order chi connectivity index (χ1) is 12.8. The van der Waals surface area contributed by atoms with Crippen LogP contribution in [0.2, 0.25) is 0 Å². The van der Waals surface area contributed by atoms with Gasteiger partial charge in [0.15, 0.2) is 0 Å². The maximum absolute atomic E-state index is 11.3. The van der Waals surface area contributed by atoms with Crippen molar-refractivity contribution in [1.29, 1.82) is 5.26 Å². The predicted molar refractivity (Wildman–Crippen MR) is 101 cm³/mol. The highest BCUT2D eigenvalue weighted by molar-refractivity contribution is 5.96. The van der Waals surface area contributed by atoms with Crippen LogP contribution in [0.1, 0.15) is 31.0 Å². The van der Waals surface area contributed by atoms with Crippen molar-refractivity contribution in [2.45, 2.75) is 31.4 Å². The summed E-state index contributed by atoms with van der Waals surface area (Å²) in [5.74, 6) is -0.0945. The minimum Gasteiger partial charge on any atom is -0.390 e. The summed E-state index contributed by atoms with van der Waals surface area (Å²) in [6.07, 6.45) is 0.733. The molecule has 3 rings (SSSR count). The molecule has 1 aliphatic carbocycles. The molecule has 3 N–H and O–H groups in total. The third kappa shape index (κ3) is 2.98. The highest BCUT2D eigenvalue weighted by Gasteiger charge is 2.49. The van der Waals surface area contributed by atoms with Gasteiger partial charge in [-0.3, -0.25) is 10.1 Å². The molecule has 0 saturated heterocycles. The summed E-state index contributed by atoms with van der Waals surface area (Å²) in [7, 11) is 0. The molecule has 0 fully saturated rings. The van der Waals surface area contributed by atoms with Gasteiger partial charge in [-0.15, -0.1) is 4.99 Å². The van der Waals surface area contributed by atoms with Crippen molar-refractivity contribution in [1.82, 2.24) is 0 Å². The van der Waals surface area contributed by atoms with Gasteiger partial charge in [-0.2, -0.15) is 5.26 Å². The van der Waals surface area contributed by atoms with E-state index in [0.29, 0.717) is 11.3 Å². The fraction of sp³-hybridized carbons (Fsp3) is 0.263. The van der Waals surface area contributed by atoms with Gasteiger partial charge in [0.2, 0.25) is 12.2 Å². The second kappa shape index (κ2) is 6.70. The molecule has 0 aliphatic heterocycles. The minimum absolute atomic E-state index is 0.0764. The van der Waals surface area contributed by atoms with Crippen LogP contribution in [-0.2, 0) is 5.41 Å². The zero-order chi connectivity index (χ0) is 19.8. The van der Waals surface area contributed by atoms with Crippen LogP contribution in [-0.4, -0.2) is 22.1 Å². The highest BCUT2D eigenvalue weighted by Crippen LogP contribution is 2.49. The smallest absolute Gasteiger partial charge is 0.269 e. The van der Waals surface area contributed by atoms with Crippen LogP contribution in [0.3, 0.4) is 0 Å². The average Bonchev–Trinajstić information content (AvgIpc) is 2.84. The van der Waals surface area contributed by atoms with Gasteiger partial charge in [-0.05, 0) is 23.3 Å². The van der Waals surface area contributed by atoms with E-state index in [1.54, 1.807) is 41.4 Å². The summed E-state index contributed by atoms with van der Waals surface area (Å²) >= 11 is 0. The van der Waals surface area contributed by atoms with Crippen LogP contribution in [0.15, 0.2) is 53.5 Å². The molecule has 0 aromatic heterocycles. The number of aliphatic imine (C=N–C) groups is 1. The van der Waals surface area contributed by atoms with Gasteiger partial charge in [0.1, 0.15) is 0 Å². The van der Waals surface area contributed by atoms with Crippen LogP contribution in [0.4, 0.5) is 11.4 Å². The second-order valence-corrected chi connectivity index (χ2v) is 6.92. The number of anilines is 1. The summed E-state index contributed by atoms with van der Waals surface area (Å²) in [6, 6.07) is 12.8. The maximum Gasteiger partial charge on any atom is 0.269 e. The number of nitrogens with zero attached hydrogens (tertiary/aromatic N) is 4. The van der Waals surface area contributed by atoms with Crippen molar-refractivity contribution < 1.29 is 10.0 Å². The topological polar surface area (TPSA) is 129 Å². The standard InChI is InChI=1S/C19H19N5O3/c1-19(2)15-9-8-13(24(26)27)10-14(15)16(17(19)25)23(18(21)22-11-20)12-6-4-3-5-7-12/h3-10,16-17,25H,1-2H3,(H2,21,22)/t16-,17+/m1/s1. The Balaban J connectivity index is 2.25. The Kier molecular flexibility index (Phi) is 4.56. The molecule has 27 heavy (non-hydrogen) atoms. The summed E-state index contributed by atoms with van der Waals surface area (Å²) in [6.45, 7) is 3.73. The lowest BCUT2D eigenvalue weighted by Gasteiger charge is -2.35. The molecule has 0 bridgehead atoms. The number of aliphatic hydroxyl groups is 1. The number of hydrogen-bond donors (Lipinski definition) is 2. The van der Waals surface area contributed by atoms with E-state index in [9.17, 15) is 15.2 Å². The summed E-state index contributed by atoms with van der Waals surface area (Å²) in [5, 5.41) is 31.3. The molecule has 0 heterocycles. The number of aliphatic hydroxyl groups excluding tert-OH is 1. The fourth-order valence-corrected chi connectivity index (χ4v) is 3.63. The van der Waals surface area contributed by atoms with E-state index >= 15 is 0 Å². The Morgan fingerprint density at radius 3 is 2.59 bits per heavy atom. The van der Waals surface area contributed by atoms with Gasteiger partial charge < -0.3 is 15.7 Å². The van der Waals surface area contributed by atoms with Crippen LogP contribution in [0, 0.1) is 21.6 Å². The van der Waals surface area contributed by atoms with E-state index in [1.165, 1.54) is 12.1 Å². The third-order valence-corrected chi connectivity index (χ3v) is 5.02. The van der Waals surface area contributed by atoms with E-state index in [0.717, 1.165) is 5.56 Å². The SMILES string of the molecule is CC1(C)c2ccc([N+](=O)[O-])cc2[C@@H](N(C(N)=NC#N)c2ccccc2)[C@@H]1O. The van der Waals surface area contributed by atoms with Crippen molar-refractivity contribution in [3.63, 3.8) is 0 Å². The van der Waals surface area contributed by atoms with Gasteiger partial charge >= 0.3 is 0 Å². The average molecular weight is 365 g/mol. The number of nitro benzene ring substituents is 1. The molecule has 2 aromatic rings. The lowest BCUT2D eigenvalue weighted by atomic mass is 9.84. The van der Waals surface area contributed by atoms with Gasteiger partial charge in [0.05, 0.1) is 17.1 Å². The Bertz CT molecular complexity index is 950. The molecule has 2 atom stereocenters. The molecule has 138 valence electrons. The maximum atomic E-state index is 11.3. The predicted octanol–water partition coefficient (Wildman–Crippen LogP) is 2.59. The van der Waals surface area contributed by atoms with Crippen molar-refractivity contribution in [3.8, 4) is 6.19 Å². The number of fused-ring (bicyclic) bond motifs is 1. The van der Waals surface area contributed by atoms with Crippen molar-refractivity contribution in [2.75, 3.05) is 4.90 Å². The molecular weight excluding hydrogens is 346 g/mol. The van der Waals surface area contributed by atoms with E-state index in [1.807, 2.05) is 19.9 Å². The zero-order valence-electron chi connectivity index (χ0n) is 14.9. The quantitative estimate of drug-likeness (QED) is 0.283. The first kappa shape index (κ1) is 18.4. The van der Waals surface area contributed by atoms with Gasteiger partial charge in [0.25, 0.3) is 5.69 Å². The lowest BCUT2D eigenvalue weighted by molar-refractivity contribution is -0.384. The number of guanidine groups is 1. The van der Waals surface area contributed by atoms with Gasteiger partial charge in [0, 0.05) is 23.2 Å². The molecule has 8 nitrogen and oxygen atoms in total. The fourth-order valence-electron chi connectivity index (χ4n) is 3.63. The van der Waals surface area contributed by atoms with Crippen LogP contribution in [0.25, 0.3) is 0 Å². The monoisotopic (exact) mass is 365 g/mol. The van der Waals surface area contributed by atoms with E-state index < -0.39 is 22.5 Å². The van der Waals surface area contributed by atoms with Gasteiger partial charge in [-0.25, -0.2) is 0 Å².